The third kappa shape index (κ3) is 7.15. The summed E-state index contributed by atoms with van der Waals surface area (Å²) in [5, 5.41) is 15.8. The van der Waals surface area contributed by atoms with Gasteiger partial charge in [0.1, 0.15) is 11.6 Å². The van der Waals surface area contributed by atoms with Gasteiger partial charge in [-0.3, -0.25) is 4.99 Å². The molecule has 182 valence electrons. The standard InChI is InChI=1S/C25H38N6O.HI/c1-3-26-25(27-15-14-23-30-29-22-9-5-4-6-16-31(22)23)28-18-21-8-7-17-32-24(21)20-12-10-19(2)11-13-20;/h10-13,21,24H,3-9,14-18H2,1-2H3,(H2,26,27,28);1H. The Morgan fingerprint density at radius 3 is 2.79 bits per heavy atom. The number of aromatic nitrogens is 3. The van der Waals surface area contributed by atoms with Gasteiger partial charge in [0.2, 0.25) is 0 Å². The van der Waals surface area contributed by atoms with Gasteiger partial charge in [-0.05, 0) is 45.1 Å². The third-order valence-corrected chi connectivity index (χ3v) is 6.51. The zero-order valence-electron chi connectivity index (χ0n) is 20.1. The largest absolute Gasteiger partial charge is 0.373 e. The number of guanidine groups is 1. The van der Waals surface area contributed by atoms with E-state index in [0.29, 0.717) is 5.92 Å². The van der Waals surface area contributed by atoms with Gasteiger partial charge in [0.25, 0.3) is 0 Å². The molecule has 0 bridgehead atoms. The van der Waals surface area contributed by atoms with E-state index in [0.717, 1.165) is 76.1 Å². The summed E-state index contributed by atoms with van der Waals surface area (Å²) in [4.78, 5) is 4.92. The number of ether oxygens (including phenoxy) is 1. The van der Waals surface area contributed by atoms with E-state index in [1.807, 2.05) is 0 Å². The maximum atomic E-state index is 6.17. The number of rotatable bonds is 7. The van der Waals surface area contributed by atoms with Crippen molar-refractivity contribution in [2.45, 2.75) is 71.4 Å². The molecule has 8 heteroatoms. The lowest BCUT2D eigenvalue weighted by Crippen LogP contribution is -2.39. The van der Waals surface area contributed by atoms with Crippen LogP contribution in [0.15, 0.2) is 29.3 Å². The Morgan fingerprint density at radius 2 is 1.97 bits per heavy atom. The van der Waals surface area contributed by atoms with E-state index in [-0.39, 0.29) is 30.1 Å². The Balaban J connectivity index is 0.00000306. The molecule has 7 nitrogen and oxygen atoms in total. The molecule has 2 N–H and O–H groups in total. The molecule has 0 amide bonds. The number of aliphatic imine (C=N–C) groups is 1. The van der Waals surface area contributed by atoms with Gasteiger partial charge in [-0.2, -0.15) is 0 Å². The van der Waals surface area contributed by atoms with Gasteiger partial charge in [-0.1, -0.05) is 36.2 Å². The summed E-state index contributed by atoms with van der Waals surface area (Å²) in [6, 6.07) is 8.74. The van der Waals surface area contributed by atoms with Crippen molar-refractivity contribution in [3.05, 3.63) is 47.0 Å². The second-order valence-electron chi connectivity index (χ2n) is 9.00. The number of benzene rings is 1. The second kappa shape index (κ2) is 13.3. The first-order valence-electron chi connectivity index (χ1n) is 12.4. The van der Waals surface area contributed by atoms with Crippen LogP contribution in [0.4, 0.5) is 0 Å². The summed E-state index contributed by atoms with van der Waals surface area (Å²) in [5.74, 6) is 3.51. The van der Waals surface area contributed by atoms with E-state index >= 15 is 0 Å². The van der Waals surface area contributed by atoms with Crippen LogP contribution >= 0.6 is 24.0 Å². The fourth-order valence-electron chi connectivity index (χ4n) is 4.73. The minimum Gasteiger partial charge on any atom is -0.373 e. The summed E-state index contributed by atoms with van der Waals surface area (Å²) in [6.07, 6.45) is 8.02. The van der Waals surface area contributed by atoms with E-state index in [4.69, 9.17) is 9.73 Å². The Labute approximate surface area is 215 Å². The zero-order chi connectivity index (χ0) is 22.2. The number of nitrogens with one attached hydrogen (secondary N) is 2. The summed E-state index contributed by atoms with van der Waals surface area (Å²) in [7, 11) is 0. The Morgan fingerprint density at radius 1 is 1.12 bits per heavy atom. The van der Waals surface area contributed by atoms with E-state index in [1.54, 1.807) is 0 Å². The number of nitrogens with zero attached hydrogens (tertiary/aromatic N) is 4. The predicted molar refractivity (Wildman–Crippen MR) is 143 cm³/mol. The molecular weight excluding hydrogens is 527 g/mol. The van der Waals surface area contributed by atoms with Crippen molar-refractivity contribution in [2.24, 2.45) is 10.9 Å². The fourth-order valence-corrected chi connectivity index (χ4v) is 4.73. The van der Waals surface area contributed by atoms with Crippen LogP contribution in [0.3, 0.4) is 0 Å². The molecule has 0 aliphatic carbocycles. The molecule has 2 aliphatic rings. The molecule has 0 radical (unpaired) electrons. The highest BCUT2D eigenvalue weighted by Gasteiger charge is 2.27. The molecule has 0 spiro atoms. The van der Waals surface area contributed by atoms with E-state index in [2.05, 4.69) is 63.5 Å². The molecule has 2 aromatic rings. The highest BCUT2D eigenvalue weighted by Crippen LogP contribution is 2.34. The van der Waals surface area contributed by atoms with E-state index in [1.165, 1.54) is 30.4 Å². The SMILES string of the molecule is CCNC(=NCC1CCCOC1c1ccc(C)cc1)NCCc1nnc2n1CCCCC2.I. The third-order valence-electron chi connectivity index (χ3n) is 6.51. The van der Waals surface area contributed by atoms with Gasteiger partial charge in [0.15, 0.2) is 5.96 Å². The predicted octanol–water partition coefficient (Wildman–Crippen LogP) is 4.20. The van der Waals surface area contributed by atoms with Gasteiger partial charge >= 0.3 is 0 Å². The fraction of sp³-hybridized carbons (Fsp3) is 0.640. The van der Waals surface area contributed by atoms with Crippen LogP contribution in [0.1, 0.15) is 67.9 Å². The van der Waals surface area contributed by atoms with Crippen molar-refractivity contribution in [3.8, 4) is 0 Å². The number of hydrogen-bond donors (Lipinski definition) is 2. The first-order chi connectivity index (χ1) is 15.7. The number of halogens is 1. The van der Waals surface area contributed by atoms with E-state index < -0.39 is 0 Å². The van der Waals surface area contributed by atoms with E-state index in [9.17, 15) is 0 Å². The summed E-state index contributed by atoms with van der Waals surface area (Å²) < 4.78 is 8.50. The first-order valence-corrected chi connectivity index (χ1v) is 12.4. The molecule has 33 heavy (non-hydrogen) atoms. The van der Waals surface area contributed by atoms with Gasteiger partial charge in [-0.15, -0.1) is 34.2 Å². The molecule has 1 fully saturated rings. The van der Waals surface area contributed by atoms with Crippen molar-refractivity contribution in [3.63, 3.8) is 0 Å². The average molecular weight is 567 g/mol. The van der Waals surface area contributed by atoms with Crippen LogP contribution < -0.4 is 10.6 Å². The smallest absolute Gasteiger partial charge is 0.191 e. The van der Waals surface area contributed by atoms with Gasteiger partial charge in [0, 0.05) is 51.5 Å². The summed E-state index contributed by atoms with van der Waals surface area (Å²) in [6.45, 7) is 8.51. The molecule has 1 aromatic carbocycles. The summed E-state index contributed by atoms with van der Waals surface area (Å²) >= 11 is 0. The quantitative estimate of drug-likeness (QED) is 0.299. The zero-order valence-corrected chi connectivity index (χ0v) is 22.4. The van der Waals surface area contributed by atoms with Crippen molar-refractivity contribution < 1.29 is 4.74 Å². The van der Waals surface area contributed by atoms with Gasteiger partial charge in [0.05, 0.1) is 6.10 Å². The Hall–Kier alpha value is -1.68. The lowest BCUT2D eigenvalue weighted by molar-refractivity contribution is -0.0250. The maximum Gasteiger partial charge on any atom is 0.191 e. The number of fused-ring (bicyclic) bond motifs is 1. The van der Waals surface area contributed by atoms with Crippen LogP contribution in [-0.4, -0.2) is 47.0 Å². The second-order valence-corrected chi connectivity index (χ2v) is 9.00. The van der Waals surface area contributed by atoms with Gasteiger partial charge in [-0.25, -0.2) is 0 Å². The van der Waals surface area contributed by atoms with Crippen molar-refractivity contribution in [2.75, 3.05) is 26.2 Å². The average Bonchev–Trinajstić information content (AvgIpc) is 3.04. The lowest BCUT2D eigenvalue weighted by atomic mass is 9.89. The van der Waals surface area contributed by atoms with Crippen LogP contribution in [-0.2, 0) is 24.1 Å². The molecule has 2 aliphatic heterocycles. The molecule has 0 saturated carbocycles. The van der Waals surface area contributed by atoms with Crippen LogP contribution in [0.5, 0.6) is 0 Å². The Kier molecular flexibility index (Phi) is 10.4. The van der Waals surface area contributed by atoms with Crippen LogP contribution in [0.2, 0.25) is 0 Å². The van der Waals surface area contributed by atoms with Gasteiger partial charge < -0.3 is 19.9 Å². The minimum atomic E-state index is 0. The topological polar surface area (TPSA) is 76.4 Å². The molecular formula is C25H39IN6O. The molecule has 1 aromatic heterocycles. The van der Waals surface area contributed by atoms with Crippen LogP contribution in [0, 0.1) is 12.8 Å². The maximum absolute atomic E-state index is 6.17. The number of aryl methyl sites for hydroxylation is 2. The van der Waals surface area contributed by atoms with Crippen molar-refractivity contribution in [1.82, 2.24) is 25.4 Å². The lowest BCUT2D eigenvalue weighted by Gasteiger charge is -2.31. The monoisotopic (exact) mass is 566 g/mol. The highest BCUT2D eigenvalue weighted by molar-refractivity contribution is 14.0. The molecule has 2 atom stereocenters. The normalized spacial score (nSPS) is 21.0. The molecule has 3 heterocycles. The summed E-state index contributed by atoms with van der Waals surface area (Å²) in [5.41, 5.74) is 2.54. The molecule has 4 rings (SSSR count). The van der Waals surface area contributed by atoms with Crippen molar-refractivity contribution >= 4 is 29.9 Å². The molecule has 1 saturated heterocycles. The first kappa shape index (κ1) is 25.9. The molecule has 2 unspecified atom stereocenters. The minimum absolute atomic E-state index is 0. The van der Waals surface area contributed by atoms with Crippen LogP contribution in [0.25, 0.3) is 0 Å². The highest BCUT2D eigenvalue weighted by atomic mass is 127. The number of hydrogen-bond acceptors (Lipinski definition) is 4. The van der Waals surface area contributed by atoms with Crippen molar-refractivity contribution in [1.29, 1.82) is 0 Å². The Bertz CT molecular complexity index is 882.